The van der Waals surface area contributed by atoms with Crippen LogP contribution in [0.3, 0.4) is 0 Å². The zero-order valence-electron chi connectivity index (χ0n) is 10.2. The predicted molar refractivity (Wildman–Crippen MR) is 78.8 cm³/mol. The average Bonchev–Trinajstić information content (AvgIpc) is 2.66. The molecule has 0 aliphatic heterocycles. The van der Waals surface area contributed by atoms with Gasteiger partial charge < -0.3 is 5.32 Å². The molecule has 0 saturated carbocycles. The van der Waals surface area contributed by atoms with E-state index in [0.29, 0.717) is 6.04 Å². The molecule has 0 atom stereocenters. The summed E-state index contributed by atoms with van der Waals surface area (Å²) in [5.74, 6) is 0. The normalized spacial score (nSPS) is 11.5. The summed E-state index contributed by atoms with van der Waals surface area (Å²) in [5, 5.41) is 4.67. The lowest BCUT2D eigenvalue weighted by Crippen LogP contribution is -2.23. The second-order valence-corrected chi connectivity index (χ2v) is 6.46. The largest absolute Gasteiger partial charge is 0.315 e. The summed E-state index contributed by atoms with van der Waals surface area (Å²) in [6.07, 6.45) is 2.22. The molecule has 0 aliphatic rings. The Morgan fingerprint density at radius 2 is 2.24 bits per heavy atom. The molecule has 0 amide bonds. The molecular formula is C13H17BrN2S. The molecule has 0 unspecified atom stereocenters. The summed E-state index contributed by atoms with van der Waals surface area (Å²) < 4.78 is 2.40. The minimum Gasteiger partial charge on any atom is -0.315 e. The fourth-order valence-corrected chi connectivity index (χ4v) is 3.24. The first kappa shape index (κ1) is 13.0. The molecule has 2 aromatic rings. The SMILES string of the molecule is CC(C)NCCCc1nc2ccc(Br)cc2s1. The zero-order valence-corrected chi connectivity index (χ0v) is 12.6. The van der Waals surface area contributed by atoms with Crippen LogP contribution in [-0.4, -0.2) is 17.6 Å². The fraction of sp³-hybridized carbons (Fsp3) is 0.462. The van der Waals surface area contributed by atoms with Gasteiger partial charge in [0.2, 0.25) is 0 Å². The Labute approximate surface area is 115 Å². The number of aryl methyl sites for hydroxylation is 1. The lowest BCUT2D eigenvalue weighted by molar-refractivity contribution is 0.570. The first-order chi connectivity index (χ1) is 8.15. The van der Waals surface area contributed by atoms with E-state index in [9.17, 15) is 0 Å². The third kappa shape index (κ3) is 3.76. The quantitative estimate of drug-likeness (QED) is 0.844. The third-order valence-electron chi connectivity index (χ3n) is 2.51. The van der Waals surface area contributed by atoms with Gasteiger partial charge >= 0.3 is 0 Å². The molecule has 0 spiro atoms. The summed E-state index contributed by atoms with van der Waals surface area (Å²) in [6.45, 7) is 5.42. The highest BCUT2D eigenvalue weighted by Gasteiger charge is 2.04. The number of nitrogens with one attached hydrogen (secondary N) is 1. The average molecular weight is 313 g/mol. The van der Waals surface area contributed by atoms with E-state index in [1.54, 1.807) is 11.3 Å². The van der Waals surface area contributed by atoms with Crippen LogP contribution in [0.5, 0.6) is 0 Å². The van der Waals surface area contributed by atoms with Gasteiger partial charge in [0.25, 0.3) is 0 Å². The van der Waals surface area contributed by atoms with Gasteiger partial charge in [-0.25, -0.2) is 4.98 Å². The smallest absolute Gasteiger partial charge is 0.0939 e. The predicted octanol–water partition coefficient (Wildman–Crippen LogP) is 3.99. The van der Waals surface area contributed by atoms with Gasteiger partial charge in [0.15, 0.2) is 0 Å². The molecule has 2 rings (SSSR count). The number of hydrogen-bond acceptors (Lipinski definition) is 3. The van der Waals surface area contributed by atoms with Crippen LogP contribution in [0.1, 0.15) is 25.3 Å². The van der Waals surface area contributed by atoms with Crippen LogP contribution in [0.2, 0.25) is 0 Å². The van der Waals surface area contributed by atoms with Gasteiger partial charge in [0.05, 0.1) is 15.2 Å². The number of benzene rings is 1. The number of halogens is 1. The number of rotatable bonds is 5. The zero-order chi connectivity index (χ0) is 12.3. The monoisotopic (exact) mass is 312 g/mol. The van der Waals surface area contributed by atoms with Crippen molar-refractivity contribution in [1.29, 1.82) is 0 Å². The maximum absolute atomic E-state index is 4.64. The van der Waals surface area contributed by atoms with Crippen LogP contribution < -0.4 is 5.32 Å². The number of aromatic nitrogens is 1. The van der Waals surface area contributed by atoms with Crippen molar-refractivity contribution in [2.24, 2.45) is 0 Å². The van der Waals surface area contributed by atoms with Gasteiger partial charge in [-0.05, 0) is 31.2 Å². The number of fused-ring (bicyclic) bond motifs is 1. The highest BCUT2D eigenvalue weighted by molar-refractivity contribution is 9.10. The Hall–Kier alpha value is -0.450. The van der Waals surface area contributed by atoms with Crippen LogP contribution in [0.4, 0.5) is 0 Å². The molecule has 0 fully saturated rings. The molecule has 0 bridgehead atoms. The number of nitrogens with zero attached hydrogens (tertiary/aromatic N) is 1. The molecule has 0 saturated heterocycles. The summed E-state index contributed by atoms with van der Waals surface area (Å²) in [7, 11) is 0. The van der Waals surface area contributed by atoms with Crippen LogP contribution in [0.25, 0.3) is 10.2 Å². The molecule has 1 N–H and O–H groups in total. The Morgan fingerprint density at radius 3 is 3.00 bits per heavy atom. The van der Waals surface area contributed by atoms with Crippen molar-refractivity contribution < 1.29 is 0 Å². The Kier molecular flexibility index (Phi) is 4.54. The first-order valence-corrected chi connectivity index (χ1v) is 7.54. The number of thiazole rings is 1. The van der Waals surface area contributed by atoms with Crippen molar-refractivity contribution in [1.82, 2.24) is 10.3 Å². The minimum atomic E-state index is 0.571. The Balaban J connectivity index is 1.95. The molecule has 4 heteroatoms. The molecule has 1 aromatic heterocycles. The van der Waals surface area contributed by atoms with Gasteiger partial charge in [-0.15, -0.1) is 11.3 Å². The summed E-state index contributed by atoms with van der Waals surface area (Å²) in [5.41, 5.74) is 1.12. The highest BCUT2D eigenvalue weighted by Crippen LogP contribution is 2.25. The van der Waals surface area contributed by atoms with E-state index >= 15 is 0 Å². The van der Waals surface area contributed by atoms with E-state index in [1.807, 2.05) is 6.07 Å². The second-order valence-electron chi connectivity index (χ2n) is 4.43. The van der Waals surface area contributed by atoms with E-state index in [1.165, 1.54) is 9.71 Å². The topological polar surface area (TPSA) is 24.9 Å². The van der Waals surface area contributed by atoms with E-state index in [0.717, 1.165) is 29.4 Å². The van der Waals surface area contributed by atoms with Crippen molar-refractivity contribution in [3.05, 3.63) is 27.7 Å². The molecular weight excluding hydrogens is 296 g/mol. The molecule has 2 nitrogen and oxygen atoms in total. The van der Waals surface area contributed by atoms with Crippen LogP contribution in [0.15, 0.2) is 22.7 Å². The van der Waals surface area contributed by atoms with Crippen molar-refractivity contribution in [3.8, 4) is 0 Å². The maximum Gasteiger partial charge on any atom is 0.0939 e. The van der Waals surface area contributed by atoms with E-state index in [-0.39, 0.29) is 0 Å². The molecule has 0 aliphatic carbocycles. The molecule has 0 radical (unpaired) electrons. The summed E-state index contributed by atoms with van der Waals surface area (Å²) in [4.78, 5) is 4.64. The van der Waals surface area contributed by atoms with E-state index in [2.05, 4.69) is 52.2 Å². The van der Waals surface area contributed by atoms with Crippen LogP contribution in [-0.2, 0) is 6.42 Å². The molecule has 17 heavy (non-hydrogen) atoms. The van der Waals surface area contributed by atoms with Crippen LogP contribution >= 0.6 is 27.3 Å². The minimum absolute atomic E-state index is 0.571. The van der Waals surface area contributed by atoms with Crippen LogP contribution in [0, 0.1) is 0 Å². The molecule has 92 valence electrons. The number of hydrogen-bond donors (Lipinski definition) is 1. The summed E-state index contributed by atoms with van der Waals surface area (Å²) in [6, 6.07) is 6.84. The van der Waals surface area contributed by atoms with Crippen molar-refractivity contribution >= 4 is 37.5 Å². The van der Waals surface area contributed by atoms with E-state index in [4.69, 9.17) is 0 Å². The maximum atomic E-state index is 4.64. The lowest BCUT2D eigenvalue weighted by atomic mass is 10.3. The standard InChI is InChI=1S/C13H17BrN2S/c1-9(2)15-7-3-4-13-16-11-6-5-10(14)8-12(11)17-13/h5-6,8-9,15H,3-4,7H2,1-2H3. The van der Waals surface area contributed by atoms with Gasteiger partial charge in [-0.3, -0.25) is 0 Å². The molecule has 1 heterocycles. The van der Waals surface area contributed by atoms with Crippen molar-refractivity contribution in [2.75, 3.05) is 6.54 Å². The van der Waals surface area contributed by atoms with E-state index < -0.39 is 0 Å². The lowest BCUT2D eigenvalue weighted by Gasteiger charge is -2.05. The van der Waals surface area contributed by atoms with Gasteiger partial charge in [0, 0.05) is 16.9 Å². The third-order valence-corrected chi connectivity index (χ3v) is 4.09. The van der Waals surface area contributed by atoms with Crippen molar-refractivity contribution in [2.45, 2.75) is 32.7 Å². The van der Waals surface area contributed by atoms with Gasteiger partial charge in [-0.2, -0.15) is 0 Å². The van der Waals surface area contributed by atoms with Crippen molar-refractivity contribution in [3.63, 3.8) is 0 Å². The first-order valence-electron chi connectivity index (χ1n) is 5.93. The summed E-state index contributed by atoms with van der Waals surface area (Å²) >= 11 is 5.29. The molecule has 1 aromatic carbocycles. The Morgan fingerprint density at radius 1 is 1.41 bits per heavy atom. The fourth-order valence-electron chi connectivity index (χ4n) is 1.68. The van der Waals surface area contributed by atoms with Gasteiger partial charge in [0.1, 0.15) is 0 Å². The van der Waals surface area contributed by atoms with Gasteiger partial charge in [-0.1, -0.05) is 29.8 Å². The Bertz CT molecular complexity index is 493. The highest BCUT2D eigenvalue weighted by atomic mass is 79.9. The second kappa shape index (κ2) is 5.94.